The van der Waals surface area contributed by atoms with Crippen LogP contribution in [0.25, 0.3) is 5.65 Å². The van der Waals surface area contributed by atoms with Crippen LogP contribution in [0.5, 0.6) is 11.5 Å². The lowest BCUT2D eigenvalue weighted by molar-refractivity contribution is 0.0465. The van der Waals surface area contributed by atoms with Crippen molar-refractivity contribution >= 4 is 11.6 Å². The van der Waals surface area contributed by atoms with Gasteiger partial charge in [-0.25, -0.2) is 9.78 Å². The lowest BCUT2D eigenvalue weighted by Crippen LogP contribution is -2.05. The van der Waals surface area contributed by atoms with Crippen molar-refractivity contribution < 1.29 is 19.7 Å². The lowest BCUT2D eigenvalue weighted by atomic mass is 10.2. The van der Waals surface area contributed by atoms with E-state index in [9.17, 15) is 15.0 Å². The van der Waals surface area contributed by atoms with Crippen molar-refractivity contribution in [1.29, 1.82) is 0 Å². The minimum absolute atomic E-state index is 0.000122. The topological polar surface area (TPSA) is 84.1 Å². The van der Waals surface area contributed by atoms with Crippen LogP contribution in [-0.4, -0.2) is 25.6 Å². The molecule has 1 aromatic carbocycles. The summed E-state index contributed by atoms with van der Waals surface area (Å²) in [4.78, 5) is 16.3. The summed E-state index contributed by atoms with van der Waals surface area (Å²) in [6, 6.07) is 7.54. The summed E-state index contributed by atoms with van der Waals surface area (Å²) >= 11 is 0. The third-order valence-corrected chi connectivity index (χ3v) is 3.20. The van der Waals surface area contributed by atoms with Crippen molar-refractivity contribution in [3.63, 3.8) is 0 Å². The highest BCUT2D eigenvalue weighted by Gasteiger charge is 2.14. The number of carbonyl (C=O) groups excluding carboxylic acids is 1. The third-order valence-electron chi connectivity index (χ3n) is 3.20. The monoisotopic (exact) mass is 298 g/mol. The highest BCUT2D eigenvalue weighted by atomic mass is 16.5. The molecule has 6 heteroatoms. The number of aromatic hydroxyl groups is 2. The number of pyridine rings is 1. The highest BCUT2D eigenvalue weighted by Crippen LogP contribution is 2.23. The number of esters is 1. The molecule has 0 fully saturated rings. The number of carbonyl (C=O) groups is 1. The van der Waals surface area contributed by atoms with E-state index in [1.165, 1.54) is 12.1 Å². The number of phenolic OH excluding ortho intramolecular Hbond substituents is 2. The minimum atomic E-state index is -0.675. The van der Waals surface area contributed by atoms with Gasteiger partial charge in [-0.15, -0.1) is 0 Å². The van der Waals surface area contributed by atoms with Gasteiger partial charge in [0, 0.05) is 18.5 Å². The molecule has 22 heavy (non-hydrogen) atoms. The number of benzene rings is 1. The molecule has 0 spiro atoms. The molecule has 2 aromatic heterocycles. The van der Waals surface area contributed by atoms with Gasteiger partial charge in [0.15, 0.2) is 0 Å². The van der Waals surface area contributed by atoms with Crippen molar-refractivity contribution in [2.45, 2.75) is 13.5 Å². The number of hydrogen-bond acceptors (Lipinski definition) is 5. The normalized spacial score (nSPS) is 10.8. The zero-order valence-electron chi connectivity index (χ0n) is 11.9. The number of ether oxygens (including phenoxy) is 1. The third kappa shape index (κ3) is 2.71. The number of aromatic nitrogens is 2. The van der Waals surface area contributed by atoms with E-state index >= 15 is 0 Å². The van der Waals surface area contributed by atoms with Crippen molar-refractivity contribution in [3.8, 4) is 11.5 Å². The van der Waals surface area contributed by atoms with Crippen molar-refractivity contribution in [3.05, 3.63) is 59.5 Å². The van der Waals surface area contributed by atoms with Crippen LogP contribution in [0.2, 0.25) is 0 Å². The van der Waals surface area contributed by atoms with E-state index in [1.807, 2.05) is 29.7 Å². The lowest BCUT2D eigenvalue weighted by Gasteiger charge is -2.05. The second-order valence-corrected chi connectivity index (χ2v) is 4.98. The van der Waals surface area contributed by atoms with Gasteiger partial charge in [-0.3, -0.25) is 0 Å². The molecule has 0 amide bonds. The standard InChI is InChI=1S/C16H14N2O4/c1-10-2-5-15-17-11(8-18(15)7-10)9-22-16(21)13-4-3-12(19)6-14(13)20/h2-8,19-20H,9H2,1H3. The molecule has 0 bridgehead atoms. The van der Waals surface area contributed by atoms with Crippen LogP contribution in [0.1, 0.15) is 21.6 Å². The number of imidazole rings is 1. The number of phenols is 2. The summed E-state index contributed by atoms with van der Waals surface area (Å²) in [5.74, 6) is -1.12. The van der Waals surface area contributed by atoms with Crippen LogP contribution in [0.15, 0.2) is 42.7 Å². The first-order valence-corrected chi connectivity index (χ1v) is 6.66. The highest BCUT2D eigenvalue weighted by molar-refractivity contribution is 5.92. The van der Waals surface area contributed by atoms with Gasteiger partial charge in [0.25, 0.3) is 0 Å². The molecule has 0 aliphatic rings. The number of rotatable bonds is 3. The fourth-order valence-corrected chi connectivity index (χ4v) is 2.13. The molecule has 0 unspecified atom stereocenters. The Balaban J connectivity index is 1.74. The average molecular weight is 298 g/mol. The maximum atomic E-state index is 11.9. The molecule has 2 heterocycles. The van der Waals surface area contributed by atoms with E-state index in [1.54, 1.807) is 6.20 Å². The molecule has 112 valence electrons. The molecule has 2 N–H and O–H groups in total. The molecule has 3 rings (SSSR count). The van der Waals surface area contributed by atoms with Crippen LogP contribution in [0.3, 0.4) is 0 Å². The van der Waals surface area contributed by atoms with E-state index in [0.717, 1.165) is 17.3 Å². The van der Waals surface area contributed by atoms with Crippen molar-refractivity contribution in [1.82, 2.24) is 9.38 Å². The molecular formula is C16H14N2O4. The number of hydrogen-bond donors (Lipinski definition) is 2. The molecule has 0 atom stereocenters. The van der Waals surface area contributed by atoms with Gasteiger partial charge in [-0.05, 0) is 30.7 Å². The average Bonchev–Trinajstić information content (AvgIpc) is 2.86. The van der Waals surface area contributed by atoms with Gasteiger partial charge in [-0.2, -0.15) is 0 Å². The van der Waals surface area contributed by atoms with E-state index in [2.05, 4.69) is 4.98 Å². The first-order chi connectivity index (χ1) is 10.5. The maximum Gasteiger partial charge on any atom is 0.342 e. The summed E-state index contributed by atoms with van der Waals surface area (Å²) < 4.78 is 7.00. The van der Waals surface area contributed by atoms with Gasteiger partial charge < -0.3 is 19.4 Å². The second kappa shape index (κ2) is 5.40. The van der Waals surface area contributed by atoms with Crippen LogP contribution >= 0.6 is 0 Å². The van der Waals surface area contributed by atoms with Gasteiger partial charge in [-0.1, -0.05) is 6.07 Å². The number of nitrogens with zero attached hydrogens (tertiary/aromatic N) is 2. The quantitative estimate of drug-likeness (QED) is 0.725. The minimum Gasteiger partial charge on any atom is -0.508 e. The first kappa shape index (κ1) is 13.9. The van der Waals surface area contributed by atoms with Gasteiger partial charge in [0.05, 0.1) is 5.69 Å². The van der Waals surface area contributed by atoms with Crippen LogP contribution in [0.4, 0.5) is 0 Å². The predicted octanol–water partition coefficient (Wildman–Crippen LogP) is 2.41. The Labute approximate surface area is 126 Å². The van der Waals surface area contributed by atoms with Crippen LogP contribution in [0, 0.1) is 6.92 Å². The Morgan fingerprint density at radius 3 is 2.82 bits per heavy atom. The summed E-state index contributed by atoms with van der Waals surface area (Å²) in [7, 11) is 0. The summed E-state index contributed by atoms with van der Waals surface area (Å²) in [6.07, 6.45) is 3.71. The Bertz CT molecular complexity index is 854. The summed E-state index contributed by atoms with van der Waals surface area (Å²) in [5, 5.41) is 18.8. The number of aryl methyl sites for hydroxylation is 1. The summed E-state index contributed by atoms with van der Waals surface area (Å²) in [5.41, 5.74) is 2.47. The second-order valence-electron chi connectivity index (χ2n) is 4.98. The Morgan fingerprint density at radius 2 is 2.05 bits per heavy atom. The molecular weight excluding hydrogens is 284 g/mol. The first-order valence-electron chi connectivity index (χ1n) is 6.66. The van der Waals surface area contributed by atoms with Gasteiger partial charge in [0.1, 0.15) is 29.3 Å². The molecule has 0 saturated carbocycles. The number of fused-ring (bicyclic) bond motifs is 1. The molecule has 0 aliphatic heterocycles. The maximum absolute atomic E-state index is 11.9. The summed E-state index contributed by atoms with van der Waals surface area (Å²) in [6.45, 7) is 1.98. The van der Waals surface area contributed by atoms with E-state index in [0.29, 0.717) is 5.69 Å². The Morgan fingerprint density at radius 1 is 1.23 bits per heavy atom. The molecule has 6 nitrogen and oxygen atoms in total. The fraction of sp³-hybridized carbons (Fsp3) is 0.125. The van der Waals surface area contributed by atoms with Gasteiger partial charge >= 0.3 is 5.97 Å². The SMILES string of the molecule is Cc1ccc2nc(COC(=O)c3ccc(O)cc3O)cn2c1. The van der Waals surface area contributed by atoms with Crippen LogP contribution < -0.4 is 0 Å². The molecule has 0 aliphatic carbocycles. The largest absolute Gasteiger partial charge is 0.508 e. The van der Waals surface area contributed by atoms with Crippen molar-refractivity contribution in [2.24, 2.45) is 0 Å². The molecule has 0 saturated heterocycles. The molecule has 0 radical (unpaired) electrons. The molecule has 3 aromatic rings. The zero-order valence-corrected chi connectivity index (χ0v) is 11.9. The van der Waals surface area contributed by atoms with E-state index in [4.69, 9.17) is 4.74 Å². The van der Waals surface area contributed by atoms with Gasteiger partial charge in [0.2, 0.25) is 0 Å². The smallest absolute Gasteiger partial charge is 0.342 e. The van der Waals surface area contributed by atoms with Crippen molar-refractivity contribution in [2.75, 3.05) is 0 Å². The van der Waals surface area contributed by atoms with E-state index < -0.39 is 5.97 Å². The zero-order chi connectivity index (χ0) is 15.7. The van der Waals surface area contributed by atoms with E-state index in [-0.39, 0.29) is 23.7 Å². The predicted molar refractivity (Wildman–Crippen MR) is 78.8 cm³/mol. The Hall–Kier alpha value is -3.02. The fourth-order valence-electron chi connectivity index (χ4n) is 2.13. The van der Waals surface area contributed by atoms with Crippen LogP contribution in [-0.2, 0) is 11.3 Å². The Kier molecular flexibility index (Phi) is 3.42.